The van der Waals surface area contributed by atoms with Crippen LogP contribution in [0.2, 0.25) is 0 Å². The number of anilines is 2. The summed E-state index contributed by atoms with van der Waals surface area (Å²) < 4.78 is 0. The summed E-state index contributed by atoms with van der Waals surface area (Å²) in [5, 5.41) is 16.8. The summed E-state index contributed by atoms with van der Waals surface area (Å²) in [6, 6.07) is 13.7. The topological polar surface area (TPSA) is 131 Å². The predicted octanol–water partition coefficient (Wildman–Crippen LogP) is 2.34. The van der Waals surface area contributed by atoms with Crippen LogP contribution in [0.5, 0.6) is 0 Å². The second-order valence-corrected chi connectivity index (χ2v) is 7.31. The zero-order valence-corrected chi connectivity index (χ0v) is 16.5. The number of hydrogen-bond acceptors (Lipinski definition) is 6. The molecule has 2 aromatic rings. The first-order chi connectivity index (χ1) is 14.4. The molecule has 0 spiro atoms. The number of nitrogens with two attached hydrogens (primary N) is 1. The molecule has 0 aromatic heterocycles. The highest BCUT2D eigenvalue weighted by atomic mass is 16.6. The summed E-state index contributed by atoms with van der Waals surface area (Å²) in [5.74, 6) is -0.733. The number of primary amides is 1. The van der Waals surface area contributed by atoms with Crippen LogP contribution in [-0.4, -0.2) is 41.3 Å². The maximum absolute atomic E-state index is 12.4. The minimum absolute atomic E-state index is 0.0835. The average molecular weight is 411 g/mol. The molecule has 30 heavy (non-hydrogen) atoms. The molecule has 1 saturated heterocycles. The van der Waals surface area contributed by atoms with E-state index >= 15 is 0 Å². The Kier molecular flexibility index (Phi) is 6.97. The third-order valence-corrected chi connectivity index (χ3v) is 5.13. The number of nitro benzene ring substituents is 1. The van der Waals surface area contributed by atoms with Crippen molar-refractivity contribution in [3.05, 3.63) is 64.2 Å². The van der Waals surface area contributed by atoms with Gasteiger partial charge in [0.15, 0.2) is 0 Å². The molecule has 0 aliphatic carbocycles. The fourth-order valence-corrected chi connectivity index (χ4v) is 3.60. The van der Waals surface area contributed by atoms with Gasteiger partial charge in [-0.25, -0.2) is 0 Å². The minimum atomic E-state index is -0.493. The molecular formula is C21H25N5O4. The molecule has 0 radical (unpaired) electrons. The van der Waals surface area contributed by atoms with Gasteiger partial charge in [-0.1, -0.05) is 30.3 Å². The number of nitrogens with one attached hydrogen (secondary N) is 2. The Bertz CT molecular complexity index is 933. The van der Waals surface area contributed by atoms with E-state index in [1.165, 1.54) is 6.07 Å². The fourth-order valence-electron chi connectivity index (χ4n) is 3.60. The Morgan fingerprint density at radius 3 is 2.57 bits per heavy atom. The van der Waals surface area contributed by atoms with Crippen molar-refractivity contribution in [1.29, 1.82) is 0 Å². The second kappa shape index (κ2) is 9.84. The molecule has 2 amide bonds. The third kappa shape index (κ3) is 5.54. The Balaban J connectivity index is 1.61. The van der Waals surface area contributed by atoms with Crippen LogP contribution in [0, 0.1) is 16.0 Å². The van der Waals surface area contributed by atoms with Gasteiger partial charge in [0.05, 0.1) is 17.4 Å². The average Bonchev–Trinajstić information content (AvgIpc) is 2.74. The maximum atomic E-state index is 12.4. The van der Waals surface area contributed by atoms with Gasteiger partial charge in [-0.2, -0.15) is 0 Å². The van der Waals surface area contributed by atoms with Crippen LogP contribution >= 0.6 is 0 Å². The molecule has 0 saturated carbocycles. The van der Waals surface area contributed by atoms with E-state index in [4.69, 9.17) is 5.73 Å². The normalized spacial score (nSPS) is 16.6. The number of likely N-dealkylation sites (tertiary alicyclic amines) is 1. The van der Waals surface area contributed by atoms with E-state index < -0.39 is 4.92 Å². The summed E-state index contributed by atoms with van der Waals surface area (Å²) in [7, 11) is 0. The standard InChI is InChI=1S/C21H25N5O4/c22-21(28)16-7-5-11-25(14-16)13-15-6-1-2-8-17(15)24-20(27)12-23-18-9-3-4-10-19(18)26(29)30/h1-4,6,8-10,16,23H,5,7,11-14H2,(H2,22,28)(H,24,27). The summed E-state index contributed by atoms with van der Waals surface area (Å²) >= 11 is 0. The van der Waals surface area contributed by atoms with Crippen LogP contribution < -0.4 is 16.4 Å². The van der Waals surface area contributed by atoms with E-state index in [2.05, 4.69) is 15.5 Å². The lowest BCUT2D eigenvalue weighted by Gasteiger charge is -2.31. The van der Waals surface area contributed by atoms with Crippen LogP contribution in [0.3, 0.4) is 0 Å². The van der Waals surface area contributed by atoms with Crippen LogP contribution in [0.25, 0.3) is 0 Å². The number of amides is 2. The number of hydrogen-bond donors (Lipinski definition) is 3. The number of benzene rings is 2. The van der Waals surface area contributed by atoms with Crippen LogP contribution in [0.4, 0.5) is 17.1 Å². The van der Waals surface area contributed by atoms with Gasteiger partial charge in [0.25, 0.3) is 5.69 Å². The van der Waals surface area contributed by atoms with Gasteiger partial charge in [-0.05, 0) is 37.1 Å². The lowest BCUT2D eigenvalue weighted by Crippen LogP contribution is -2.40. The molecule has 1 atom stereocenters. The first-order valence-electron chi connectivity index (χ1n) is 9.80. The van der Waals surface area contributed by atoms with Crippen molar-refractivity contribution in [3.63, 3.8) is 0 Å². The number of para-hydroxylation sites is 3. The molecule has 158 valence electrons. The Morgan fingerprint density at radius 2 is 1.83 bits per heavy atom. The van der Waals surface area contributed by atoms with Gasteiger partial charge < -0.3 is 16.4 Å². The second-order valence-electron chi connectivity index (χ2n) is 7.31. The third-order valence-electron chi connectivity index (χ3n) is 5.13. The number of piperidine rings is 1. The SMILES string of the molecule is NC(=O)C1CCCN(Cc2ccccc2NC(=O)CNc2ccccc2[N+](=O)[O-])C1. The minimum Gasteiger partial charge on any atom is -0.371 e. The van der Waals surface area contributed by atoms with Crippen molar-refractivity contribution in [3.8, 4) is 0 Å². The van der Waals surface area contributed by atoms with E-state index in [0.717, 1.165) is 24.9 Å². The van der Waals surface area contributed by atoms with Crippen LogP contribution in [0.1, 0.15) is 18.4 Å². The maximum Gasteiger partial charge on any atom is 0.292 e. The monoisotopic (exact) mass is 411 g/mol. The molecule has 9 heteroatoms. The first-order valence-corrected chi connectivity index (χ1v) is 9.80. The fraction of sp³-hybridized carbons (Fsp3) is 0.333. The van der Waals surface area contributed by atoms with Crippen molar-refractivity contribution >= 4 is 28.9 Å². The number of carbonyl (C=O) groups is 2. The molecule has 1 aliphatic heterocycles. The summed E-state index contributed by atoms with van der Waals surface area (Å²) in [6.07, 6.45) is 1.71. The first kappa shape index (κ1) is 21.3. The highest BCUT2D eigenvalue weighted by Crippen LogP contribution is 2.24. The van der Waals surface area contributed by atoms with E-state index in [-0.39, 0.29) is 35.7 Å². The molecule has 3 rings (SSSR count). The van der Waals surface area contributed by atoms with Gasteiger partial charge in [-0.15, -0.1) is 0 Å². The zero-order chi connectivity index (χ0) is 21.5. The summed E-state index contributed by atoms with van der Waals surface area (Å²) in [6.45, 7) is 1.96. The summed E-state index contributed by atoms with van der Waals surface area (Å²) in [5.41, 5.74) is 7.27. The number of rotatable bonds is 8. The summed E-state index contributed by atoms with van der Waals surface area (Å²) in [4.78, 5) is 36.7. The smallest absolute Gasteiger partial charge is 0.292 e. The molecular weight excluding hydrogens is 386 g/mol. The van der Waals surface area contributed by atoms with Gasteiger partial charge in [-0.3, -0.25) is 24.6 Å². The van der Waals surface area contributed by atoms with E-state index in [1.54, 1.807) is 18.2 Å². The van der Waals surface area contributed by atoms with Crippen molar-refractivity contribution in [2.24, 2.45) is 11.7 Å². The Morgan fingerprint density at radius 1 is 1.13 bits per heavy atom. The quantitative estimate of drug-likeness (QED) is 0.451. The highest BCUT2D eigenvalue weighted by Gasteiger charge is 2.24. The molecule has 4 N–H and O–H groups in total. The number of nitrogens with zero attached hydrogens (tertiary/aromatic N) is 2. The van der Waals surface area contributed by atoms with Gasteiger partial charge in [0.2, 0.25) is 11.8 Å². The van der Waals surface area contributed by atoms with E-state index in [9.17, 15) is 19.7 Å². The molecule has 1 heterocycles. The van der Waals surface area contributed by atoms with Crippen LogP contribution in [0.15, 0.2) is 48.5 Å². The van der Waals surface area contributed by atoms with E-state index in [1.807, 2.05) is 24.3 Å². The number of nitro groups is 1. The molecule has 9 nitrogen and oxygen atoms in total. The molecule has 1 fully saturated rings. The number of carbonyl (C=O) groups excluding carboxylic acids is 2. The van der Waals surface area contributed by atoms with Gasteiger partial charge >= 0.3 is 0 Å². The molecule has 1 aliphatic rings. The zero-order valence-electron chi connectivity index (χ0n) is 16.5. The van der Waals surface area contributed by atoms with Gasteiger partial charge in [0.1, 0.15) is 5.69 Å². The van der Waals surface area contributed by atoms with E-state index in [0.29, 0.717) is 18.8 Å². The Hall–Kier alpha value is -3.46. The highest BCUT2D eigenvalue weighted by molar-refractivity contribution is 5.94. The lowest BCUT2D eigenvalue weighted by atomic mass is 9.97. The Labute approximate surface area is 174 Å². The molecule has 1 unspecified atom stereocenters. The van der Waals surface area contributed by atoms with Crippen molar-refractivity contribution < 1.29 is 14.5 Å². The lowest BCUT2D eigenvalue weighted by molar-refractivity contribution is -0.383. The molecule has 0 bridgehead atoms. The van der Waals surface area contributed by atoms with Crippen molar-refractivity contribution in [2.45, 2.75) is 19.4 Å². The van der Waals surface area contributed by atoms with Gasteiger partial charge in [0, 0.05) is 24.8 Å². The largest absolute Gasteiger partial charge is 0.371 e. The van der Waals surface area contributed by atoms with Crippen molar-refractivity contribution in [1.82, 2.24) is 4.90 Å². The predicted molar refractivity (Wildman–Crippen MR) is 114 cm³/mol. The van der Waals surface area contributed by atoms with Crippen LogP contribution in [-0.2, 0) is 16.1 Å². The van der Waals surface area contributed by atoms with Crippen molar-refractivity contribution in [2.75, 3.05) is 30.3 Å². The molecule has 2 aromatic carbocycles.